The summed E-state index contributed by atoms with van der Waals surface area (Å²) in [6.45, 7) is 3.54. The number of aromatic nitrogens is 3. The zero-order valence-corrected chi connectivity index (χ0v) is 18.5. The Morgan fingerprint density at radius 3 is 2.29 bits per heavy atom. The van der Waals surface area contributed by atoms with E-state index < -0.39 is 17.8 Å². The molecule has 0 atom stereocenters. The number of hydrogen-bond donors (Lipinski definition) is 0. The van der Waals surface area contributed by atoms with Crippen LogP contribution in [-0.4, -0.2) is 63.2 Å². The van der Waals surface area contributed by atoms with Gasteiger partial charge in [-0.1, -0.05) is 0 Å². The number of alkyl halides is 3. The highest BCUT2D eigenvalue weighted by molar-refractivity contribution is 5.70. The van der Waals surface area contributed by atoms with Crippen molar-refractivity contribution in [3.05, 3.63) is 66.4 Å². The Morgan fingerprint density at radius 1 is 1.00 bits per heavy atom. The second kappa shape index (κ2) is 10.1. The fourth-order valence-corrected chi connectivity index (χ4v) is 3.49. The van der Waals surface area contributed by atoms with Crippen molar-refractivity contribution in [2.45, 2.75) is 12.6 Å². The summed E-state index contributed by atoms with van der Waals surface area (Å²) in [4.78, 5) is 24.4. The summed E-state index contributed by atoms with van der Waals surface area (Å²) in [6, 6.07) is 8.26. The molecular weight excluding hydrogens is 451 g/mol. The lowest BCUT2D eigenvalue weighted by atomic mass is 10.2. The first-order chi connectivity index (χ1) is 16.3. The van der Waals surface area contributed by atoms with Crippen LogP contribution >= 0.6 is 0 Å². The van der Waals surface area contributed by atoms with E-state index in [0.29, 0.717) is 30.8 Å². The number of halogens is 3. The predicted octanol–water partition coefficient (Wildman–Crippen LogP) is 3.99. The van der Waals surface area contributed by atoms with Crippen LogP contribution in [0.25, 0.3) is 0 Å². The molecule has 3 heterocycles. The molecule has 0 saturated carbocycles. The average molecular weight is 475 g/mol. The largest absolute Gasteiger partial charge is 0.439 e. The minimum absolute atomic E-state index is 0.0265. The molecule has 0 unspecified atom stereocenters. The molecule has 0 spiro atoms. The molecule has 1 fully saturated rings. The lowest BCUT2D eigenvalue weighted by Gasteiger charge is -2.33. The summed E-state index contributed by atoms with van der Waals surface area (Å²) in [6.07, 6.45) is 0.481. The molecule has 1 saturated heterocycles. The van der Waals surface area contributed by atoms with Crippen molar-refractivity contribution in [2.75, 3.05) is 32.7 Å². The van der Waals surface area contributed by atoms with E-state index in [1.807, 2.05) is 17.8 Å². The van der Waals surface area contributed by atoms with Crippen LogP contribution in [0, 0.1) is 0 Å². The third kappa shape index (κ3) is 6.25. The Kier molecular flexibility index (Phi) is 7.01. The molecule has 1 aliphatic rings. The van der Waals surface area contributed by atoms with Gasteiger partial charge in [-0.05, 0) is 30.3 Å². The minimum atomic E-state index is -4.46. The molecule has 0 aliphatic carbocycles. The normalized spacial score (nSPS) is 14.8. The third-order valence-corrected chi connectivity index (χ3v) is 5.39. The fraction of sp³-hybridized carbons (Fsp3) is 0.348. The minimum Gasteiger partial charge on any atom is -0.439 e. The molecule has 3 aromatic rings. The van der Waals surface area contributed by atoms with Gasteiger partial charge < -0.3 is 18.9 Å². The van der Waals surface area contributed by atoms with Gasteiger partial charge in [0.15, 0.2) is 0 Å². The summed E-state index contributed by atoms with van der Waals surface area (Å²) in [5.74, 6) is 0.725. The van der Waals surface area contributed by atoms with Crippen molar-refractivity contribution in [1.29, 1.82) is 0 Å². The van der Waals surface area contributed by atoms with Crippen LogP contribution in [0.2, 0.25) is 0 Å². The van der Waals surface area contributed by atoms with Crippen molar-refractivity contribution >= 4 is 6.09 Å². The van der Waals surface area contributed by atoms with Crippen molar-refractivity contribution in [3.8, 4) is 17.4 Å². The first kappa shape index (κ1) is 23.6. The predicted molar refractivity (Wildman–Crippen MR) is 117 cm³/mol. The summed E-state index contributed by atoms with van der Waals surface area (Å²) < 4.78 is 50.7. The number of amides is 1. The first-order valence-corrected chi connectivity index (χ1v) is 10.7. The molecule has 0 bridgehead atoms. The maximum Gasteiger partial charge on any atom is 0.417 e. The van der Waals surface area contributed by atoms with Crippen LogP contribution in [-0.2, 0) is 19.6 Å². The van der Waals surface area contributed by atoms with Gasteiger partial charge in [0.05, 0.1) is 17.6 Å². The number of nitrogens with zero attached hydrogens (tertiary/aromatic N) is 5. The maximum atomic E-state index is 12.6. The Labute approximate surface area is 194 Å². The van der Waals surface area contributed by atoms with Gasteiger partial charge >= 0.3 is 12.3 Å². The zero-order chi connectivity index (χ0) is 24.1. The van der Waals surface area contributed by atoms with E-state index in [-0.39, 0.29) is 5.88 Å². The van der Waals surface area contributed by atoms with Crippen LogP contribution in [0.3, 0.4) is 0 Å². The smallest absolute Gasteiger partial charge is 0.417 e. The molecule has 4 rings (SSSR count). The van der Waals surface area contributed by atoms with Crippen LogP contribution in [0.15, 0.2) is 55.1 Å². The van der Waals surface area contributed by atoms with Crippen LogP contribution in [0.1, 0.15) is 11.3 Å². The number of piperazine rings is 1. The second-order valence-electron chi connectivity index (χ2n) is 7.93. The van der Waals surface area contributed by atoms with Gasteiger partial charge in [0.2, 0.25) is 5.88 Å². The van der Waals surface area contributed by atoms with Gasteiger partial charge in [-0.3, -0.25) is 4.90 Å². The van der Waals surface area contributed by atoms with E-state index in [0.717, 1.165) is 43.9 Å². The van der Waals surface area contributed by atoms with E-state index in [4.69, 9.17) is 9.47 Å². The number of aryl methyl sites for hydroxylation is 1. The highest BCUT2D eigenvalue weighted by Gasteiger charge is 2.30. The van der Waals surface area contributed by atoms with Crippen LogP contribution < -0.4 is 9.47 Å². The number of imidazole rings is 1. The van der Waals surface area contributed by atoms with Gasteiger partial charge in [-0.15, -0.1) is 0 Å². The van der Waals surface area contributed by atoms with Gasteiger partial charge in [-0.2, -0.15) is 13.2 Å². The van der Waals surface area contributed by atoms with Gasteiger partial charge in [-0.25, -0.2) is 14.8 Å². The number of carbonyl (C=O) groups is 1. The standard InChI is InChI=1S/C23H24F3N5O3/c1-29-15-18(28-16-29)8-9-30-10-12-31(13-11-30)22(32)34-20-5-3-19(4-6-20)33-21-7-2-17(14-27-21)23(24,25)26/h2-7,14-16H,8-13H2,1H3. The SMILES string of the molecule is Cn1cnc(CCN2CCN(C(=O)Oc3ccc(Oc4ccc(C(F)(F)F)cn4)cc3)CC2)c1. The molecule has 34 heavy (non-hydrogen) atoms. The number of rotatable bonds is 6. The van der Waals surface area contributed by atoms with Crippen molar-refractivity contribution < 1.29 is 27.4 Å². The van der Waals surface area contributed by atoms with Crippen molar-refractivity contribution in [2.24, 2.45) is 7.05 Å². The van der Waals surface area contributed by atoms with Crippen LogP contribution in [0.4, 0.5) is 18.0 Å². The zero-order valence-electron chi connectivity index (χ0n) is 18.5. The van der Waals surface area contributed by atoms with Gasteiger partial charge in [0.25, 0.3) is 0 Å². The van der Waals surface area contributed by atoms with Crippen molar-refractivity contribution in [1.82, 2.24) is 24.3 Å². The maximum absolute atomic E-state index is 12.6. The van der Waals surface area contributed by atoms with Crippen molar-refractivity contribution in [3.63, 3.8) is 0 Å². The number of hydrogen-bond acceptors (Lipinski definition) is 6. The summed E-state index contributed by atoms with van der Waals surface area (Å²) in [5, 5.41) is 0. The fourth-order valence-electron chi connectivity index (χ4n) is 3.49. The molecular formula is C23H24F3N5O3. The quantitative estimate of drug-likeness (QED) is 0.537. The van der Waals surface area contributed by atoms with Gasteiger partial charge in [0, 0.05) is 64.7 Å². The number of ether oxygens (including phenoxy) is 2. The summed E-state index contributed by atoms with van der Waals surface area (Å²) in [5.41, 5.74) is 0.196. The van der Waals surface area contributed by atoms with E-state index >= 15 is 0 Å². The molecule has 180 valence electrons. The molecule has 1 aromatic carbocycles. The molecule has 0 radical (unpaired) electrons. The highest BCUT2D eigenvalue weighted by atomic mass is 19.4. The molecule has 1 aliphatic heterocycles. The Morgan fingerprint density at radius 2 is 1.71 bits per heavy atom. The Bertz CT molecular complexity index is 1090. The monoisotopic (exact) mass is 475 g/mol. The van der Waals surface area contributed by atoms with E-state index in [9.17, 15) is 18.0 Å². The second-order valence-corrected chi connectivity index (χ2v) is 7.93. The average Bonchev–Trinajstić information content (AvgIpc) is 3.24. The summed E-state index contributed by atoms with van der Waals surface area (Å²) >= 11 is 0. The first-order valence-electron chi connectivity index (χ1n) is 10.7. The molecule has 0 N–H and O–H groups in total. The lowest BCUT2D eigenvalue weighted by Crippen LogP contribution is -2.49. The molecule has 1 amide bonds. The molecule has 11 heteroatoms. The Hall–Kier alpha value is -3.60. The number of carbonyl (C=O) groups excluding carboxylic acids is 1. The van der Waals surface area contributed by atoms with Gasteiger partial charge in [0.1, 0.15) is 11.5 Å². The number of pyridine rings is 1. The van der Waals surface area contributed by atoms with E-state index in [2.05, 4.69) is 14.9 Å². The van der Waals surface area contributed by atoms with E-state index in [1.165, 1.54) is 0 Å². The third-order valence-electron chi connectivity index (χ3n) is 5.39. The lowest BCUT2D eigenvalue weighted by molar-refractivity contribution is -0.137. The molecule has 2 aromatic heterocycles. The topological polar surface area (TPSA) is 72.7 Å². The Balaban J connectivity index is 1.22. The highest BCUT2D eigenvalue weighted by Crippen LogP contribution is 2.30. The van der Waals surface area contributed by atoms with Crippen LogP contribution in [0.5, 0.6) is 17.4 Å². The number of benzene rings is 1. The summed E-state index contributed by atoms with van der Waals surface area (Å²) in [7, 11) is 1.94. The molecule has 8 nitrogen and oxygen atoms in total. The van der Waals surface area contributed by atoms with E-state index in [1.54, 1.807) is 35.5 Å².